The van der Waals surface area contributed by atoms with Gasteiger partial charge >= 0.3 is 24.3 Å². The number of nitrogens with zero attached hydrogens (tertiary/aromatic N) is 3. The van der Waals surface area contributed by atoms with Crippen LogP contribution in [-0.2, 0) is 27.2 Å². The molecule has 1 saturated heterocycles. The SMILES string of the molecule is CN(C)[C@@H]1CCN(C(=O)Cc2cccs2)[C@H]1Cc1ccncc1.O=C(O)C(F)(F)F.O=C(O)C(F)(F)F. The molecule has 0 radical (unpaired) electrons. The van der Waals surface area contributed by atoms with Crippen LogP contribution in [0.25, 0.3) is 0 Å². The van der Waals surface area contributed by atoms with Gasteiger partial charge in [-0.3, -0.25) is 9.78 Å². The van der Waals surface area contributed by atoms with Gasteiger partial charge in [0, 0.05) is 29.9 Å². The summed E-state index contributed by atoms with van der Waals surface area (Å²) < 4.78 is 63.5. The van der Waals surface area contributed by atoms with Crippen LogP contribution in [0.1, 0.15) is 16.9 Å². The molecule has 0 spiro atoms. The minimum atomic E-state index is -5.08. The van der Waals surface area contributed by atoms with Gasteiger partial charge in [0.05, 0.1) is 12.5 Å². The van der Waals surface area contributed by atoms with Crippen LogP contribution < -0.4 is 0 Å². The van der Waals surface area contributed by atoms with Crippen LogP contribution in [0, 0.1) is 0 Å². The van der Waals surface area contributed by atoms with E-state index in [4.69, 9.17) is 19.8 Å². The van der Waals surface area contributed by atoms with E-state index in [1.54, 1.807) is 11.3 Å². The maximum absolute atomic E-state index is 12.8. The fourth-order valence-electron chi connectivity index (χ4n) is 3.42. The summed E-state index contributed by atoms with van der Waals surface area (Å²) in [6.07, 6.45) is -4.06. The number of halogens is 6. The lowest BCUT2D eigenvalue weighted by Gasteiger charge is -2.31. The number of hydrogen-bond acceptors (Lipinski definition) is 6. The Bertz CT molecular complexity index is 976. The Morgan fingerprint density at radius 2 is 1.54 bits per heavy atom. The van der Waals surface area contributed by atoms with E-state index in [-0.39, 0.29) is 11.9 Å². The van der Waals surface area contributed by atoms with Gasteiger partial charge in [0.1, 0.15) is 0 Å². The summed E-state index contributed by atoms with van der Waals surface area (Å²) in [7, 11) is 4.22. The summed E-state index contributed by atoms with van der Waals surface area (Å²) in [6.45, 7) is 0.850. The van der Waals surface area contributed by atoms with E-state index < -0.39 is 24.3 Å². The van der Waals surface area contributed by atoms with Crippen molar-refractivity contribution in [2.45, 2.75) is 43.7 Å². The van der Waals surface area contributed by atoms with Gasteiger partial charge in [-0.15, -0.1) is 11.3 Å². The fraction of sp³-hybridized carbons (Fsp3) is 0.455. The molecule has 0 saturated carbocycles. The number of aliphatic carboxylic acids is 2. The molecule has 2 aromatic rings. The first-order valence-electron chi connectivity index (χ1n) is 10.5. The molecule has 0 aliphatic carbocycles. The minimum Gasteiger partial charge on any atom is -0.475 e. The zero-order valence-electron chi connectivity index (χ0n) is 19.7. The molecule has 8 nitrogen and oxygen atoms in total. The zero-order chi connectivity index (χ0) is 28.4. The average Bonchev–Trinajstić information content (AvgIpc) is 3.44. The molecule has 2 atom stereocenters. The second-order valence-electron chi connectivity index (χ2n) is 7.90. The van der Waals surface area contributed by atoms with Gasteiger partial charge in [-0.25, -0.2) is 9.59 Å². The number of carbonyl (C=O) groups is 3. The molecule has 3 rings (SSSR count). The number of amides is 1. The maximum atomic E-state index is 12.8. The van der Waals surface area contributed by atoms with Crippen molar-refractivity contribution in [3.8, 4) is 0 Å². The van der Waals surface area contributed by atoms with E-state index in [0.717, 1.165) is 24.3 Å². The Kier molecular flexibility index (Phi) is 12.0. The number of likely N-dealkylation sites (tertiary alicyclic amines) is 1. The Balaban J connectivity index is 0.000000404. The third-order valence-electron chi connectivity index (χ3n) is 5.08. The number of carbonyl (C=O) groups excluding carboxylic acids is 1. The monoisotopic (exact) mass is 557 g/mol. The number of alkyl halides is 6. The van der Waals surface area contributed by atoms with E-state index in [2.05, 4.69) is 28.9 Å². The predicted octanol–water partition coefficient (Wildman–Crippen LogP) is 3.73. The molecule has 0 bridgehead atoms. The topological polar surface area (TPSA) is 111 Å². The molecule has 1 fully saturated rings. The summed E-state index contributed by atoms with van der Waals surface area (Å²) in [4.78, 5) is 40.2. The molecule has 1 aliphatic rings. The molecule has 0 unspecified atom stereocenters. The molecule has 206 valence electrons. The Morgan fingerprint density at radius 1 is 1.03 bits per heavy atom. The van der Waals surface area contributed by atoms with Crippen molar-refractivity contribution in [3.63, 3.8) is 0 Å². The Labute approximate surface area is 212 Å². The molecule has 15 heteroatoms. The number of pyridine rings is 1. The third kappa shape index (κ3) is 11.2. The van der Waals surface area contributed by atoms with Crippen LogP contribution in [-0.4, -0.2) is 87.9 Å². The molecule has 1 aliphatic heterocycles. The number of hydrogen-bond donors (Lipinski definition) is 2. The van der Waals surface area contributed by atoms with E-state index in [1.165, 1.54) is 5.56 Å². The summed E-state index contributed by atoms with van der Waals surface area (Å²) >= 11 is 1.66. The predicted molar refractivity (Wildman–Crippen MR) is 121 cm³/mol. The van der Waals surface area contributed by atoms with Crippen molar-refractivity contribution in [1.82, 2.24) is 14.8 Å². The van der Waals surface area contributed by atoms with E-state index in [0.29, 0.717) is 12.5 Å². The number of rotatable bonds is 5. The number of thiophene rings is 1. The van der Waals surface area contributed by atoms with E-state index >= 15 is 0 Å². The maximum Gasteiger partial charge on any atom is 0.490 e. The van der Waals surface area contributed by atoms with Gasteiger partial charge < -0.3 is 20.0 Å². The quantitative estimate of drug-likeness (QED) is 0.539. The summed E-state index contributed by atoms with van der Waals surface area (Å²) in [6, 6.07) is 8.80. The largest absolute Gasteiger partial charge is 0.490 e. The van der Waals surface area contributed by atoms with Crippen molar-refractivity contribution >= 4 is 29.2 Å². The number of carboxylic acids is 2. The van der Waals surface area contributed by atoms with Gasteiger partial charge in [0.25, 0.3) is 0 Å². The first kappa shape index (κ1) is 31.8. The molecule has 3 heterocycles. The number of likely N-dealkylation sites (N-methyl/N-ethyl adjacent to an activating group) is 1. The van der Waals surface area contributed by atoms with Crippen molar-refractivity contribution < 1.29 is 50.9 Å². The van der Waals surface area contributed by atoms with Crippen LogP contribution in [0.2, 0.25) is 0 Å². The molecule has 2 N–H and O–H groups in total. The first-order chi connectivity index (χ1) is 17.0. The zero-order valence-corrected chi connectivity index (χ0v) is 20.5. The van der Waals surface area contributed by atoms with Gasteiger partial charge in [-0.2, -0.15) is 26.3 Å². The Hall–Kier alpha value is -3.20. The van der Waals surface area contributed by atoms with Crippen LogP contribution in [0.5, 0.6) is 0 Å². The average molecular weight is 558 g/mol. The first-order valence-corrected chi connectivity index (χ1v) is 11.4. The molecule has 0 aromatic carbocycles. The van der Waals surface area contributed by atoms with Crippen molar-refractivity contribution in [3.05, 3.63) is 52.5 Å². The molecule has 1 amide bonds. The summed E-state index contributed by atoms with van der Waals surface area (Å²) in [5, 5.41) is 16.3. The molecule has 2 aromatic heterocycles. The minimum absolute atomic E-state index is 0.236. The smallest absolute Gasteiger partial charge is 0.475 e. The van der Waals surface area contributed by atoms with Crippen LogP contribution in [0.15, 0.2) is 42.0 Å². The second-order valence-corrected chi connectivity index (χ2v) is 8.93. The van der Waals surface area contributed by atoms with Crippen molar-refractivity contribution in [2.75, 3.05) is 20.6 Å². The normalized spacial score (nSPS) is 17.4. The summed E-state index contributed by atoms with van der Waals surface area (Å²) in [5.74, 6) is -5.27. The Morgan fingerprint density at radius 3 is 1.95 bits per heavy atom. The highest BCUT2D eigenvalue weighted by molar-refractivity contribution is 7.10. The second kappa shape index (κ2) is 13.9. The van der Waals surface area contributed by atoms with Crippen LogP contribution >= 0.6 is 11.3 Å². The lowest BCUT2D eigenvalue weighted by molar-refractivity contribution is -0.193. The highest BCUT2D eigenvalue weighted by Crippen LogP contribution is 2.26. The van der Waals surface area contributed by atoms with E-state index in [1.807, 2.05) is 42.0 Å². The molecule has 37 heavy (non-hydrogen) atoms. The van der Waals surface area contributed by atoms with Gasteiger partial charge in [0.15, 0.2) is 0 Å². The van der Waals surface area contributed by atoms with E-state index in [9.17, 15) is 31.1 Å². The van der Waals surface area contributed by atoms with Gasteiger partial charge in [-0.1, -0.05) is 6.07 Å². The lowest BCUT2D eigenvalue weighted by Crippen LogP contribution is -2.46. The summed E-state index contributed by atoms with van der Waals surface area (Å²) in [5.41, 5.74) is 1.24. The molecular weight excluding hydrogens is 532 g/mol. The lowest BCUT2D eigenvalue weighted by atomic mass is 10.00. The molecular formula is C22H25F6N3O5S. The fourth-order valence-corrected chi connectivity index (χ4v) is 4.12. The number of aromatic nitrogens is 1. The standard InChI is InChI=1S/C18H23N3OS.2C2HF3O2/c1-20(2)16-7-10-21(18(22)13-15-4-3-11-23-15)17(16)12-14-5-8-19-9-6-14;2*3-2(4,5)1(6)7/h3-6,8-9,11,16-17H,7,10,12-13H2,1-2H3;2*(H,6,7)/t16-,17+;;/m1../s1. The van der Waals surface area contributed by atoms with Crippen LogP contribution in [0.3, 0.4) is 0 Å². The van der Waals surface area contributed by atoms with Crippen LogP contribution in [0.4, 0.5) is 26.3 Å². The van der Waals surface area contributed by atoms with Gasteiger partial charge in [0.2, 0.25) is 5.91 Å². The number of carboxylic acid groups (broad SMARTS) is 2. The van der Waals surface area contributed by atoms with Crippen molar-refractivity contribution in [1.29, 1.82) is 0 Å². The highest BCUT2D eigenvalue weighted by Gasteiger charge is 2.39. The van der Waals surface area contributed by atoms with Crippen molar-refractivity contribution in [2.24, 2.45) is 0 Å². The van der Waals surface area contributed by atoms with Gasteiger partial charge in [-0.05, 0) is 56.1 Å². The highest BCUT2D eigenvalue weighted by atomic mass is 32.1. The third-order valence-corrected chi connectivity index (χ3v) is 5.96.